The molecule has 3 heterocycles. The lowest BCUT2D eigenvalue weighted by atomic mass is 9.83. The van der Waals surface area contributed by atoms with Crippen LogP contribution in [0.2, 0.25) is 0 Å². The van der Waals surface area contributed by atoms with Gasteiger partial charge in [-0.15, -0.1) is 0 Å². The first-order chi connectivity index (χ1) is 20.1. The minimum Gasteiger partial charge on any atom is -0.478 e. The molecule has 2 aromatic carbocycles. The zero-order valence-electron chi connectivity index (χ0n) is 24.4. The second kappa shape index (κ2) is 11.7. The van der Waals surface area contributed by atoms with Gasteiger partial charge in [-0.3, -0.25) is 10.1 Å². The third-order valence-corrected chi connectivity index (χ3v) is 7.39. The molecule has 1 fully saturated rings. The van der Waals surface area contributed by atoms with Crippen LogP contribution in [-0.4, -0.2) is 60.3 Å². The molecular formula is C32H36N6O4. The quantitative estimate of drug-likeness (QED) is 0.431. The summed E-state index contributed by atoms with van der Waals surface area (Å²) < 4.78 is 11.4. The molecule has 1 aromatic heterocycles. The average Bonchev–Trinajstić information content (AvgIpc) is 3.26. The van der Waals surface area contributed by atoms with Crippen LogP contribution in [0, 0.1) is 11.3 Å². The molecule has 0 aliphatic carbocycles. The molecule has 0 bridgehead atoms. The van der Waals surface area contributed by atoms with Crippen LogP contribution < -0.4 is 20.3 Å². The molecule has 0 radical (unpaired) electrons. The maximum atomic E-state index is 13.8. The molecule has 2 aliphatic rings. The van der Waals surface area contributed by atoms with Crippen molar-refractivity contribution in [1.29, 1.82) is 5.26 Å². The minimum atomic E-state index is -1.31. The van der Waals surface area contributed by atoms with Crippen molar-refractivity contribution in [3.63, 3.8) is 0 Å². The van der Waals surface area contributed by atoms with Gasteiger partial charge in [-0.25, -0.2) is 9.78 Å². The molecule has 2 aliphatic heterocycles. The SMILES string of the molecule is CCOc1ncccc1C1(NCc2ccc(N3CCN(C(=O)OC(C)(C)C)CC3)cc2)C(=O)Nc2ccc(C#N)cc21. The monoisotopic (exact) mass is 568 g/mol. The molecule has 5 rings (SSSR count). The third kappa shape index (κ3) is 5.74. The Hall–Kier alpha value is -4.62. The molecule has 2 N–H and O–H groups in total. The highest BCUT2D eigenvalue weighted by atomic mass is 16.6. The van der Waals surface area contributed by atoms with E-state index < -0.39 is 11.1 Å². The van der Waals surface area contributed by atoms with Gasteiger partial charge in [0.25, 0.3) is 5.91 Å². The van der Waals surface area contributed by atoms with Gasteiger partial charge in [0.2, 0.25) is 5.88 Å². The molecule has 10 nitrogen and oxygen atoms in total. The van der Waals surface area contributed by atoms with E-state index in [9.17, 15) is 14.9 Å². The number of aromatic nitrogens is 1. The maximum absolute atomic E-state index is 13.8. The zero-order valence-corrected chi connectivity index (χ0v) is 24.4. The van der Waals surface area contributed by atoms with Crippen molar-refractivity contribution in [2.45, 2.75) is 45.4 Å². The van der Waals surface area contributed by atoms with Gasteiger partial charge in [0.1, 0.15) is 5.60 Å². The lowest BCUT2D eigenvalue weighted by molar-refractivity contribution is -0.120. The molecule has 1 atom stereocenters. The molecule has 218 valence electrons. The molecule has 1 unspecified atom stereocenters. The molecule has 2 amide bonds. The van der Waals surface area contributed by atoms with Crippen LogP contribution in [0.15, 0.2) is 60.8 Å². The number of benzene rings is 2. The number of piperazine rings is 1. The molecule has 3 aromatic rings. The lowest BCUT2D eigenvalue weighted by Gasteiger charge is -2.36. The van der Waals surface area contributed by atoms with E-state index in [2.05, 4.69) is 38.7 Å². The number of nitrogens with zero attached hydrogens (tertiary/aromatic N) is 4. The summed E-state index contributed by atoms with van der Waals surface area (Å²) >= 11 is 0. The Labute approximate surface area is 246 Å². The van der Waals surface area contributed by atoms with Crippen LogP contribution in [0.4, 0.5) is 16.2 Å². The van der Waals surface area contributed by atoms with E-state index in [0.29, 0.717) is 67.6 Å². The second-order valence-corrected chi connectivity index (χ2v) is 11.3. The topological polar surface area (TPSA) is 120 Å². The van der Waals surface area contributed by atoms with Crippen molar-refractivity contribution < 1.29 is 19.1 Å². The molecule has 0 saturated carbocycles. The number of fused-ring (bicyclic) bond motifs is 1. The molecule has 42 heavy (non-hydrogen) atoms. The van der Waals surface area contributed by atoms with Crippen LogP contribution in [0.3, 0.4) is 0 Å². The number of amides is 2. The normalized spacial score (nSPS) is 18.2. The van der Waals surface area contributed by atoms with Crippen molar-refractivity contribution in [3.8, 4) is 11.9 Å². The van der Waals surface area contributed by atoms with Crippen molar-refractivity contribution in [1.82, 2.24) is 15.2 Å². The molecule has 10 heteroatoms. The highest BCUT2D eigenvalue weighted by molar-refractivity contribution is 6.08. The summed E-state index contributed by atoms with van der Waals surface area (Å²) in [6.45, 7) is 10.8. The van der Waals surface area contributed by atoms with E-state index in [-0.39, 0.29) is 12.0 Å². The Kier molecular flexibility index (Phi) is 8.05. The molecule has 0 spiro atoms. The Morgan fingerprint density at radius 3 is 2.50 bits per heavy atom. The molecule has 1 saturated heterocycles. The number of nitriles is 1. The van der Waals surface area contributed by atoms with Gasteiger partial charge >= 0.3 is 6.09 Å². The van der Waals surface area contributed by atoms with Gasteiger partial charge in [0, 0.05) is 61.4 Å². The summed E-state index contributed by atoms with van der Waals surface area (Å²) in [7, 11) is 0. The van der Waals surface area contributed by atoms with E-state index in [1.807, 2.05) is 45.9 Å². The van der Waals surface area contributed by atoms with E-state index in [0.717, 1.165) is 11.3 Å². The number of anilines is 2. The van der Waals surface area contributed by atoms with Crippen LogP contribution in [0.25, 0.3) is 0 Å². The predicted octanol–water partition coefficient (Wildman–Crippen LogP) is 4.39. The van der Waals surface area contributed by atoms with Crippen molar-refractivity contribution in [2.24, 2.45) is 0 Å². The zero-order chi connectivity index (χ0) is 29.9. The summed E-state index contributed by atoms with van der Waals surface area (Å²) in [6.07, 6.45) is 1.35. The first kappa shape index (κ1) is 28.9. The number of nitrogens with one attached hydrogen (secondary N) is 2. The van der Waals surface area contributed by atoms with Crippen LogP contribution in [0.5, 0.6) is 5.88 Å². The maximum Gasteiger partial charge on any atom is 0.410 e. The van der Waals surface area contributed by atoms with E-state index >= 15 is 0 Å². The van der Waals surface area contributed by atoms with Gasteiger partial charge in [-0.05, 0) is 75.7 Å². The third-order valence-electron chi connectivity index (χ3n) is 7.39. The fourth-order valence-corrected chi connectivity index (χ4v) is 5.37. The van der Waals surface area contributed by atoms with Gasteiger partial charge in [-0.1, -0.05) is 12.1 Å². The van der Waals surface area contributed by atoms with Crippen molar-refractivity contribution >= 4 is 23.4 Å². The summed E-state index contributed by atoms with van der Waals surface area (Å²) in [5, 5.41) is 16.1. The first-order valence-electron chi connectivity index (χ1n) is 14.2. The van der Waals surface area contributed by atoms with Gasteiger partial charge in [0.15, 0.2) is 5.54 Å². The fraction of sp³-hybridized carbons (Fsp3) is 0.375. The predicted molar refractivity (Wildman–Crippen MR) is 159 cm³/mol. The van der Waals surface area contributed by atoms with Gasteiger partial charge in [-0.2, -0.15) is 5.26 Å². The largest absolute Gasteiger partial charge is 0.478 e. The minimum absolute atomic E-state index is 0.263. The number of rotatable bonds is 7. The number of hydrogen-bond donors (Lipinski definition) is 2. The highest BCUT2D eigenvalue weighted by Gasteiger charge is 2.50. The summed E-state index contributed by atoms with van der Waals surface area (Å²) in [5.74, 6) is 0.0970. The van der Waals surface area contributed by atoms with Crippen LogP contribution >= 0.6 is 0 Å². The number of carbonyl (C=O) groups is 2. The number of ether oxygens (including phenoxy) is 2. The average molecular weight is 569 g/mol. The summed E-state index contributed by atoms with van der Waals surface area (Å²) in [6, 6.07) is 19.1. The number of pyridine rings is 1. The van der Waals surface area contributed by atoms with Crippen LogP contribution in [-0.2, 0) is 21.6 Å². The van der Waals surface area contributed by atoms with Gasteiger partial charge < -0.3 is 24.6 Å². The Bertz CT molecular complexity index is 1500. The number of hydrogen-bond acceptors (Lipinski definition) is 8. The van der Waals surface area contributed by atoms with Gasteiger partial charge in [0.05, 0.1) is 18.2 Å². The van der Waals surface area contributed by atoms with E-state index in [1.54, 1.807) is 35.4 Å². The summed E-state index contributed by atoms with van der Waals surface area (Å²) in [4.78, 5) is 34.6. The standard InChI is InChI=1S/C32H36N6O4/c1-5-41-28-25(7-6-14-34-28)32(26-19-23(20-33)10-13-27(26)36-29(32)39)35-21-22-8-11-24(12-9-22)37-15-17-38(18-16-37)30(40)42-31(2,3)4/h6-14,19,35H,5,15-18,21H2,1-4H3,(H,36,39). The summed E-state index contributed by atoms with van der Waals surface area (Å²) in [5.41, 5.74) is 2.54. The number of carbonyl (C=O) groups excluding carboxylic acids is 2. The first-order valence-corrected chi connectivity index (χ1v) is 14.2. The Morgan fingerprint density at radius 2 is 1.83 bits per heavy atom. The van der Waals surface area contributed by atoms with E-state index in [1.165, 1.54) is 0 Å². The highest BCUT2D eigenvalue weighted by Crippen LogP contribution is 2.44. The smallest absolute Gasteiger partial charge is 0.410 e. The van der Waals surface area contributed by atoms with E-state index in [4.69, 9.17) is 9.47 Å². The van der Waals surface area contributed by atoms with Crippen molar-refractivity contribution in [3.05, 3.63) is 83.0 Å². The second-order valence-electron chi connectivity index (χ2n) is 11.3. The molecular weight excluding hydrogens is 532 g/mol. The lowest BCUT2D eigenvalue weighted by Crippen LogP contribution is -2.50. The van der Waals surface area contributed by atoms with Crippen LogP contribution in [0.1, 0.15) is 49.9 Å². The Balaban J connectivity index is 1.35. The van der Waals surface area contributed by atoms with Crippen molar-refractivity contribution in [2.75, 3.05) is 43.0 Å². The Morgan fingerprint density at radius 1 is 1.10 bits per heavy atom. The fourth-order valence-electron chi connectivity index (χ4n) is 5.37.